The second kappa shape index (κ2) is 5.47. The molecule has 1 unspecified atom stereocenters. The van der Waals surface area contributed by atoms with Crippen LogP contribution in [0.25, 0.3) is 0 Å². The van der Waals surface area contributed by atoms with Crippen molar-refractivity contribution in [1.82, 2.24) is 5.32 Å². The molecule has 0 amide bonds. The standard InChI is InChI=1S/C14H19ClN2O2/c1-14(2)6-5-12(8-14)16-9-10-7-11(15)3-4-13(10)17(18)19/h3-4,7,12,16H,5-6,8-9H2,1-2H3. The zero-order valence-electron chi connectivity index (χ0n) is 11.3. The van der Waals surface area contributed by atoms with Gasteiger partial charge in [0.15, 0.2) is 0 Å². The van der Waals surface area contributed by atoms with Gasteiger partial charge < -0.3 is 5.32 Å². The number of benzene rings is 1. The molecule has 1 fully saturated rings. The second-order valence-corrected chi connectivity index (χ2v) is 6.45. The summed E-state index contributed by atoms with van der Waals surface area (Å²) in [5, 5.41) is 14.9. The van der Waals surface area contributed by atoms with Crippen molar-refractivity contribution in [3.8, 4) is 0 Å². The van der Waals surface area contributed by atoms with E-state index in [2.05, 4.69) is 19.2 Å². The predicted molar refractivity (Wildman–Crippen MR) is 76.4 cm³/mol. The Morgan fingerprint density at radius 3 is 2.84 bits per heavy atom. The summed E-state index contributed by atoms with van der Waals surface area (Å²) in [6.07, 6.45) is 3.44. The maximum Gasteiger partial charge on any atom is 0.273 e. The highest BCUT2D eigenvalue weighted by Gasteiger charge is 2.30. The Labute approximate surface area is 118 Å². The summed E-state index contributed by atoms with van der Waals surface area (Å²) < 4.78 is 0. The van der Waals surface area contributed by atoms with Gasteiger partial charge >= 0.3 is 0 Å². The third-order valence-corrected chi connectivity index (χ3v) is 4.02. The summed E-state index contributed by atoms with van der Waals surface area (Å²) in [7, 11) is 0. The summed E-state index contributed by atoms with van der Waals surface area (Å²) in [6, 6.07) is 5.14. The first kappa shape index (κ1) is 14.3. The second-order valence-electron chi connectivity index (χ2n) is 6.01. The van der Waals surface area contributed by atoms with E-state index in [9.17, 15) is 10.1 Å². The Balaban J connectivity index is 2.03. The Morgan fingerprint density at radius 1 is 1.53 bits per heavy atom. The van der Waals surface area contributed by atoms with E-state index in [1.165, 1.54) is 12.5 Å². The molecule has 1 aliphatic carbocycles. The van der Waals surface area contributed by atoms with E-state index in [1.807, 2.05) is 0 Å². The monoisotopic (exact) mass is 282 g/mol. The Hall–Kier alpha value is -1.13. The fourth-order valence-electron chi connectivity index (χ4n) is 2.74. The topological polar surface area (TPSA) is 55.2 Å². The van der Waals surface area contributed by atoms with Crippen LogP contribution in [-0.2, 0) is 6.54 Å². The molecule has 2 rings (SSSR count). The minimum Gasteiger partial charge on any atom is -0.310 e. The van der Waals surface area contributed by atoms with Gasteiger partial charge in [0.05, 0.1) is 4.92 Å². The number of hydrogen-bond donors (Lipinski definition) is 1. The molecule has 1 atom stereocenters. The fraction of sp³-hybridized carbons (Fsp3) is 0.571. The number of rotatable bonds is 4. The van der Waals surface area contributed by atoms with Crippen LogP contribution >= 0.6 is 11.6 Å². The van der Waals surface area contributed by atoms with Gasteiger partial charge in [-0.25, -0.2) is 0 Å². The minimum atomic E-state index is -0.355. The van der Waals surface area contributed by atoms with Crippen molar-refractivity contribution in [3.05, 3.63) is 38.9 Å². The molecule has 0 aliphatic heterocycles. The molecular formula is C14H19ClN2O2. The van der Waals surface area contributed by atoms with Gasteiger partial charge in [0.1, 0.15) is 0 Å². The van der Waals surface area contributed by atoms with E-state index in [4.69, 9.17) is 11.6 Å². The van der Waals surface area contributed by atoms with Gasteiger partial charge in [0.25, 0.3) is 5.69 Å². The fourth-order valence-corrected chi connectivity index (χ4v) is 2.93. The highest BCUT2D eigenvalue weighted by molar-refractivity contribution is 6.30. The maximum atomic E-state index is 11.0. The molecule has 0 spiro atoms. The molecule has 1 N–H and O–H groups in total. The molecule has 0 aromatic heterocycles. The van der Waals surface area contributed by atoms with Gasteiger partial charge in [-0.15, -0.1) is 0 Å². The van der Waals surface area contributed by atoms with Crippen LogP contribution in [-0.4, -0.2) is 11.0 Å². The molecular weight excluding hydrogens is 264 g/mol. The van der Waals surface area contributed by atoms with Crippen LogP contribution in [0.2, 0.25) is 5.02 Å². The van der Waals surface area contributed by atoms with E-state index in [1.54, 1.807) is 12.1 Å². The summed E-state index contributed by atoms with van der Waals surface area (Å²) in [5.41, 5.74) is 1.16. The SMILES string of the molecule is CC1(C)CCC(NCc2cc(Cl)ccc2[N+](=O)[O-])C1. The van der Waals surface area contributed by atoms with Gasteiger partial charge in [-0.05, 0) is 36.8 Å². The van der Waals surface area contributed by atoms with Crippen LogP contribution in [0.4, 0.5) is 5.69 Å². The number of nitro groups is 1. The highest BCUT2D eigenvalue weighted by Crippen LogP contribution is 2.37. The van der Waals surface area contributed by atoms with Crippen molar-refractivity contribution in [2.45, 2.75) is 45.7 Å². The normalized spacial score (nSPS) is 21.5. The number of nitrogens with zero attached hydrogens (tertiary/aromatic N) is 1. The van der Waals surface area contributed by atoms with Crippen LogP contribution in [0.5, 0.6) is 0 Å². The van der Waals surface area contributed by atoms with Gasteiger partial charge in [-0.1, -0.05) is 25.4 Å². The van der Waals surface area contributed by atoms with Gasteiger partial charge in [-0.3, -0.25) is 10.1 Å². The van der Waals surface area contributed by atoms with Crippen LogP contribution in [0.1, 0.15) is 38.7 Å². The maximum absolute atomic E-state index is 11.0. The zero-order chi connectivity index (χ0) is 14.0. The van der Waals surface area contributed by atoms with Crippen LogP contribution in [0.3, 0.4) is 0 Å². The molecule has 1 aromatic carbocycles. The first-order chi connectivity index (χ1) is 8.87. The molecule has 1 aromatic rings. The highest BCUT2D eigenvalue weighted by atomic mass is 35.5. The smallest absolute Gasteiger partial charge is 0.273 e. The van der Waals surface area contributed by atoms with E-state index in [0.717, 1.165) is 12.8 Å². The van der Waals surface area contributed by atoms with Crippen LogP contribution in [0.15, 0.2) is 18.2 Å². The molecule has 0 radical (unpaired) electrons. The van der Waals surface area contributed by atoms with E-state index < -0.39 is 0 Å². The van der Waals surface area contributed by atoms with Crippen molar-refractivity contribution in [2.75, 3.05) is 0 Å². The molecule has 0 saturated heterocycles. The summed E-state index contributed by atoms with van der Waals surface area (Å²) in [5.74, 6) is 0. The average molecular weight is 283 g/mol. The molecule has 5 heteroatoms. The average Bonchev–Trinajstić information content (AvgIpc) is 2.66. The van der Waals surface area contributed by atoms with E-state index in [0.29, 0.717) is 28.6 Å². The summed E-state index contributed by atoms with van der Waals surface area (Å²) >= 11 is 5.91. The Bertz CT molecular complexity index is 488. The first-order valence-electron chi connectivity index (χ1n) is 6.54. The molecule has 0 heterocycles. The summed E-state index contributed by atoms with van der Waals surface area (Å²) in [6.45, 7) is 5.02. The third-order valence-electron chi connectivity index (χ3n) is 3.79. The lowest BCUT2D eigenvalue weighted by molar-refractivity contribution is -0.385. The zero-order valence-corrected chi connectivity index (χ0v) is 12.0. The van der Waals surface area contributed by atoms with Crippen molar-refractivity contribution in [2.24, 2.45) is 5.41 Å². The van der Waals surface area contributed by atoms with Crippen molar-refractivity contribution >= 4 is 17.3 Å². The first-order valence-corrected chi connectivity index (χ1v) is 6.91. The Kier molecular flexibility index (Phi) is 4.11. The van der Waals surface area contributed by atoms with Gasteiger partial charge in [0.2, 0.25) is 0 Å². The number of halogens is 1. The van der Waals surface area contributed by atoms with E-state index in [-0.39, 0.29) is 10.6 Å². The van der Waals surface area contributed by atoms with Crippen LogP contribution in [0, 0.1) is 15.5 Å². The van der Waals surface area contributed by atoms with Gasteiger partial charge in [-0.2, -0.15) is 0 Å². The van der Waals surface area contributed by atoms with Crippen molar-refractivity contribution in [3.63, 3.8) is 0 Å². The molecule has 0 bridgehead atoms. The minimum absolute atomic E-state index is 0.133. The largest absolute Gasteiger partial charge is 0.310 e. The molecule has 4 nitrogen and oxygen atoms in total. The third kappa shape index (κ3) is 3.67. The molecule has 1 saturated carbocycles. The van der Waals surface area contributed by atoms with Gasteiger partial charge in [0, 0.05) is 29.2 Å². The van der Waals surface area contributed by atoms with Crippen LogP contribution < -0.4 is 5.32 Å². The molecule has 104 valence electrons. The quantitative estimate of drug-likeness (QED) is 0.673. The lowest BCUT2D eigenvalue weighted by atomic mass is 9.92. The number of nitrogens with one attached hydrogen (secondary N) is 1. The van der Waals surface area contributed by atoms with Crippen molar-refractivity contribution in [1.29, 1.82) is 0 Å². The number of nitro benzene ring substituents is 1. The molecule has 1 aliphatic rings. The number of hydrogen-bond acceptors (Lipinski definition) is 3. The van der Waals surface area contributed by atoms with E-state index >= 15 is 0 Å². The molecule has 19 heavy (non-hydrogen) atoms. The predicted octanol–water partition coefficient (Wildman–Crippen LogP) is 3.92. The summed E-state index contributed by atoms with van der Waals surface area (Å²) in [4.78, 5) is 10.6. The lowest BCUT2D eigenvalue weighted by Crippen LogP contribution is -2.27. The van der Waals surface area contributed by atoms with Crippen molar-refractivity contribution < 1.29 is 4.92 Å². The Morgan fingerprint density at radius 2 is 2.26 bits per heavy atom. The lowest BCUT2D eigenvalue weighted by Gasteiger charge is -2.18.